The normalized spacial score (nSPS) is 12.3. The van der Waals surface area contributed by atoms with E-state index in [1.807, 2.05) is 35.1 Å². The Morgan fingerprint density at radius 2 is 1.62 bits per heavy atom. The molecule has 0 fully saturated rings. The van der Waals surface area contributed by atoms with Gasteiger partial charge in [0.1, 0.15) is 0 Å². The van der Waals surface area contributed by atoms with Gasteiger partial charge in [-0.25, -0.2) is 0 Å². The number of carbonyl (C=O) groups is 1. The molecule has 1 aromatic carbocycles. The summed E-state index contributed by atoms with van der Waals surface area (Å²) in [5.41, 5.74) is 1.69. The number of rotatable bonds is 16. The van der Waals surface area contributed by atoms with E-state index < -0.39 is 0 Å². The van der Waals surface area contributed by atoms with Crippen molar-refractivity contribution in [3.05, 3.63) is 47.8 Å². The zero-order valence-electron chi connectivity index (χ0n) is 19.5. The minimum atomic E-state index is -0.115. The maximum Gasteiger partial charge on any atom is 0.251 e. The molecule has 0 saturated heterocycles. The lowest BCUT2D eigenvalue weighted by Crippen LogP contribution is -2.27. The van der Waals surface area contributed by atoms with E-state index in [1.54, 1.807) is 6.20 Å². The Morgan fingerprint density at radius 3 is 2.22 bits per heavy atom. The molecule has 1 amide bonds. The molecule has 2 aromatic rings. The summed E-state index contributed by atoms with van der Waals surface area (Å²) >= 11 is 4.28. The fourth-order valence-electron chi connectivity index (χ4n) is 3.08. The first-order valence-corrected chi connectivity index (χ1v) is 11.8. The molecular weight excluding hydrogens is 426 g/mol. The zero-order chi connectivity index (χ0) is 23.2. The van der Waals surface area contributed by atoms with Gasteiger partial charge in [0.15, 0.2) is 0 Å². The number of nitrogens with one attached hydrogen (secondary N) is 1. The fourth-order valence-corrected chi connectivity index (χ4v) is 3.25. The monoisotopic (exact) mass is 463 g/mol. The van der Waals surface area contributed by atoms with E-state index in [4.69, 9.17) is 14.2 Å². The first kappa shape index (κ1) is 26.4. The topological polar surface area (TPSA) is 74.6 Å². The van der Waals surface area contributed by atoms with Crippen LogP contribution in [0.4, 0.5) is 0 Å². The third-order valence-corrected chi connectivity index (χ3v) is 5.22. The quantitative estimate of drug-likeness (QED) is 0.291. The summed E-state index contributed by atoms with van der Waals surface area (Å²) in [7, 11) is 0. The van der Waals surface area contributed by atoms with Gasteiger partial charge in [0.05, 0.1) is 45.3 Å². The lowest BCUT2D eigenvalue weighted by molar-refractivity contribution is 0.0142. The molecule has 32 heavy (non-hydrogen) atoms. The number of ether oxygens (including phenoxy) is 3. The Morgan fingerprint density at radius 1 is 1.00 bits per heavy atom. The van der Waals surface area contributed by atoms with Gasteiger partial charge in [-0.05, 0) is 43.4 Å². The van der Waals surface area contributed by atoms with E-state index in [0.717, 1.165) is 29.4 Å². The molecule has 2 rings (SSSR count). The van der Waals surface area contributed by atoms with E-state index in [0.29, 0.717) is 45.1 Å². The SMILES string of the molecule is CC(C)CCCOCCOCCOCCNC(=O)c1ccc(C(C)n2cc(S)cn2)cc1. The van der Waals surface area contributed by atoms with Crippen molar-refractivity contribution in [3.8, 4) is 0 Å². The smallest absolute Gasteiger partial charge is 0.251 e. The van der Waals surface area contributed by atoms with Gasteiger partial charge in [0.2, 0.25) is 0 Å². The van der Waals surface area contributed by atoms with Crippen LogP contribution in [-0.2, 0) is 14.2 Å². The lowest BCUT2D eigenvalue weighted by atomic mass is 10.1. The highest BCUT2D eigenvalue weighted by atomic mass is 32.1. The van der Waals surface area contributed by atoms with Gasteiger partial charge in [0.25, 0.3) is 5.91 Å². The first-order chi connectivity index (χ1) is 15.5. The number of carbonyl (C=O) groups excluding carboxylic acids is 1. The molecule has 0 aliphatic carbocycles. The van der Waals surface area contributed by atoms with Crippen LogP contribution in [0.3, 0.4) is 0 Å². The number of aromatic nitrogens is 2. The maximum absolute atomic E-state index is 12.3. The molecule has 0 spiro atoms. The Bertz CT molecular complexity index is 780. The standard InChI is InChI=1S/C24H37N3O4S/c1-19(2)5-4-11-29-13-15-31-16-14-30-12-10-25-24(28)22-8-6-21(7-9-22)20(3)27-18-23(32)17-26-27/h6-9,17-20,32H,4-5,10-16H2,1-3H3,(H,25,28). The molecule has 8 heteroatoms. The minimum Gasteiger partial charge on any atom is -0.379 e. The minimum absolute atomic E-state index is 0.0695. The van der Waals surface area contributed by atoms with Crippen LogP contribution in [0.5, 0.6) is 0 Å². The molecule has 0 radical (unpaired) electrons. The number of nitrogens with zero attached hydrogens (tertiary/aromatic N) is 2. The van der Waals surface area contributed by atoms with Crippen molar-refractivity contribution in [2.75, 3.05) is 46.2 Å². The predicted molar refractivity (Wildman–Crippen MR) is 129 cm³/mol. The van der Waals surface area contributed by atoms with E-state index in [9.17, 15) is 4.79 Å². The van der Waals surface area contributed by atoms with Crippen LogP contribution in [0.1, 0.15) is 55.6 Å². The van der Waals surface area contributed by atoms with Crippen molar-refractivity contribution >= 4 is 18.5 Å². The molecule has 1 aromatic heterocycles. The molecule has 178 valence electrons. The van der Waals surface area contributed by atoms with E-state index in [-0.39, 0.29) is 11.9 Å². The summed E-state index contributed by atoms with van der Waals surface area (Å²) in [6, 6.07) is 7.61. The second-order valence-corrected chi connectivity index (χ2v) is 8.62. The highest BCUT2D eigenvalue weighted by Gasteiger charge is 2.10. The van der Waals surface area contributed by atoms with Crippen molar-refractivity contribution in [2.24, 2.45) is 5.92 Å². The lowest BCUT2D eigenvalue weighted by Gasteiger charge is -2.13. The van der Waals surface area contributed by atoms with E-state index in [2.05, 4.69) is 43.8 Å². The van der Waals surface area contributed by atoms with Crippen LogP contribution >= 0.6 is 12.6 Å². The van der Waals surface area contributed by atoms with Crippen LogP contribution < -0.4 is 5.32 Å². The molecule has 1 heterocycles. The Labute approximate surface area is 197 Å². The van der Waals surface area contributed by atoms with Gasteiger partial charge in [0, 0.05) is 29.8 Å². The average molecular weight is 464 g/mol. The van der Waals surface area contributed by atoms with Crippen LogP contribution in [-0.4, -0.2) is 61.9 Å². The number of amides is 1. The summed E-state index contributed by atoms with van der Waals surface area (Å²) < 4.78 is 18.3. The van der Waals surface area contributed by atoms with Crippen LogP contribution in [0.15, 0.2) is 41.6 Å². The van der Waals surface area contributed by atoms with Crippen LogP contribution in [0.25, 0.3) is 0 Å². The number of hydrogen-bond acceptors (Lipinski definition) is 6. The molecule has 0 saturated carbocycles. The van der Waals surface area contributed by atoms with Gasteiger partial charge >= 0.3 is 0 Å². The van der Waals surface area contributed by atoms with Crippen molar-refractivity contribution in [2.45, 2.75) is 44.6 Å². The second kappa shape index (κ2) is 15.1. The van der Waals surface area contributed by atoms with Crippen molar-refractivity contribution < 1.29 is 19.0 Å². The van der Waals surface area contributed by atoms with Gasteiger partial charge in [-0.2, -0.15) is 5.10 Å². The van der Waals surface area contributed by atoms with Crippen molar-refractivity contribution in [1.29, 1.82) is 0 Å². The molecule has 7 nitrogen and oxygen atoms in total. The third-order valence-electron chi connectivity index (χ3n) is 4.99. The fraction of sp³-hybridized carbons (Fsp3) is 0.583. The van der Waals surface area contributed by atoms with Crippen molar-refractivity contribution in [3.63, 3.8) is 0 Å². The summed E-state index contributed by atoms with van der Waals surface area (Å²) in [5.74, 6) is 0.608. The van der Waals surface area contributed by atoms with Gasteiger partial charge in [-0.3, -0.25) is 9.48 Å². The van der Waals surface area contributed by atoms with Gasteiger partial charge in [-0.15, -0.1) is 12.6 Å². The van der Waals surface area contributed by atoms with Gasteiger partial charge < -0.3 is 19.5 Å². The third kappa shape index (κ3) is 10.2. The Balaban J connectivity index is 1.50. The molecule has 0 bridgehead atoms. The molecule has 1 atom stereocenters. The summed E-state index contributed by atoms with van der Waals surface area (Å²) in [4.78, 5) is 13.1. The summed E-state index contributed by atoms with van der Waals surface area (Å²) in [5, 5.41) is 7.15. The summed E-state index contributed by atoms with van der Waals surface area (Å²) in [6.07, 6.45) is 5.87. The highest BCUT2D eigenvalue weighted by Crippen LogP contribution is 2.19. The number of hydrogen-bond donors (Lipinski definition) is 2. The molecular formula is C24H37N3O4S. The van der Waals surface area contributed by atoms with Crippen LogP contribution in [0, 0.1) is 5.92 Å². The maximum atomic E-state index is 12.3. The highest BCUT2D eigenvalue weighted by molar-refractivity contribution is 7.80. The van der Waals surface area contributed by atoms with Gasteiger partial charge in [-0.1, -0.05) is 26.0 Å². The number of thiol groups is 1. The Hall–Kier alpha value is -1.87. The number of benzene rings is 1. The zero-order valence-corrected chi connectivity index (χ0v) is 20.4. The average Bonchev–Trinajstić information content (AvgIpc) is 3.22. The molecule has 0 aliphatic heterocycles. The predicted octanol–water partition coefficient (Wildman–Crippen LogP) is 4.00. The second-order valence-electron chi connectivity index (χ2n) is 8.11. The Kier molecular flexibility index (Phi) is 12.4. The van der Waals surface area contributed by atoms with E-state index >= 15 is 0 Å². The van der Waals surface area contributed by atoms with E-state index in [1.165, 1.54) is 6.42 Å². The first-order valence-electron chi connectivity index (χ1n) is 11.3. The molecule has 1 N–H and O–H groups in total. The largest absolute Gasteiger partial charge is 0.379 e. The van der Waals surface area contributed by atoms with Crippen LogP contribution in [0.2, 0.25) is 0 Å². The summed E-state index contributed by atoms with van der Waals surface area (Å²) in [6.45, 7) is 10.4. The molecule has 0 aliphatic rings. The van der Waals surface area contributed by atoms with Crippen molar-refractivity contribution in [1.82, 2.24) is 15.1 Å². The molecule has 1 unspecified atom stereocenters.